The third-order valence-electron chi connectivity index (χ3n) is 11.1. The normalized spacial score (nSPS) is 11.7. The Bertz CT molecular complexity index is 2920. The van der Waals surface area contributed by atoms with E-state index in [0.29, 0.717) is 0 Å². The van der Waals surface area contributed by atoms with Crippen LogP contribution >= 0.6 is 11.3 Å². The van der Waals surface area contributed by atoms with Gasteiger partial charge in [0.2, 0.25) is 0 Å². The van der Waals surface area contributed by atoms with Gasteiger partial charge in [-0.15, -0.1) is 11.3 Å². The first-order valence-electron chi connectivity index (χ1n) is 18.8. The summed E-state index contributed by atoms with van der Waals surface area (Å²) in [6, 6.07) is 65.7. The maximum Gasteiger partial charge on any atom is 0.0355 e. The molecular weight excluding hydrogens is 657 g/mol. The second kappa shape index (κ2) is 13.2. The second-order valence-electron chi connectivity index (χ2n) is 14.2. The van der Waals surface area contributed by atoms with Crippen LogP contribution in [-0.2, 0) is 6.42 Å². The highest BCUT2D eigenvalue weighted by atomic mass is 32.1. The maximum atomic E-state index is 2.44. The summed E-state index contributed by atoms with van der Waals surface area (Å²) in [6.45, 7) is 2.27. The van der Waals surface area contributed by atoms with E-state index in [2.05, 4.69) is 183 Å². The van der Waals surface area contributed by atoms with Gasteiger partial charge in [-0.25, -0.2) is 0 Å². The van der Waals surface area contributed by atoms with Crippen LogP contribution in [-0.4, -0.2) is 0 Å². The van der Waals surface area contributed by atoms with Gasteiger partial charge in [-0.1, -0.05) is 159 Å². The average molecular weight is 695 g/mol. The molecule has 0 fully saturated rings. The molecule has 0 aliphatic heterocycles. The van der Waals surface area contributed by atoms with Crippen molar-refractivity contribution in [3.63, 3.8) is 0 Å². The van der Waals surface area contributed by atoms with Crippen LogP contribution in [0.25, 0.3) is 97.0 Å². The Kier molecular flexibility index (Phi) is 7.89. The van der Waals surface area contributed by atoms with Crippen LogP contribution in [0.4, 0.5) is 0 Å². The highest BCUT2D eigenvalue weighted by Gasteiger charge is 2.20. The monoisotopic (exact) mass is 694 g/mol. The van der Waals surface area contributed by atoms with Crippen molar-refractivity contribution in [2.45, 2.75) is 26.2 Å². The third-order valence-corrected chi connectivity index (χ3v) is 12.2. The van der Waals surface area contributed by atoms with Crippen molar-refractivity contribution < 1.29 is 0 Å². The van der Waals surface area contributed by atoms with Gasteiger partial charge in [0.15, 0.2) is 0 Å². The first-order valence-corrected chi connectivity index (χ1v) is 19.6. The van der Waals surface area contributed by atoms with Crippen molar-refractivity contribution in [3.8, 4) is 44.5 Å². The minimum atomic E-state index is 1.13. The smallest absolute Gasteiger partial charge is 0.0355 e. The molecule has 0 bridgehead atoms. The van der Waals surface area contributed by atoms with Gasteiger partial charge >= 0.3 is 0 Å². The molecule has 0 unspecified atom stereocenters. The van der Waals surface area contributed by atoms with Gasteiger partial charge in [0.05, 0.1) is 0 Å². The number of aryl methyl sites for hydroxylation is 1. The minimum absolute atomic E-state index is 1.13. The average Bonchev–Trinajstić information content (AvgIpc) is 3.59. The van der Waals surface area contributed by atoms with E-state index in [1.54, 1.807) is 0 Å². The fourth-order valence-electron chi connectivity index (χ4n) is 8.49. The lowest BCUT2D eigenvalue weighted by atomic mass is 9.82. The SMILES string of the molecule is CCCCc1ccc2sc3ccc(-c4ccccc4-c4c5ccccc5c(-c5cccc6ccc(-c7ccccc7)cc56)c5ccccc45)cc3c2c1. The molecule has 53 heavy (non-hydrogen) atoms. The highest BCUT2D eigenvalue weighted by molar-refractivity contribution is 7.25. The Morgan fingerprint density at radius 1 is 0.377 bits per heavy atom. The van der Waals surface area contributed by atoms with Gasteiger partial charge in [-0.3, -0.25) is 0 Å². The number of unbranched alkanes of at least 4 members (excludes halogenated alkanes) is 1. The molecule has 0 saturated heterocycles. The summed E-state index contributed by atoms with van der Waals surface area (Å²) in [4.78, 5) is 0. The number of fused-ring (bicyclic) bond motifs is 6. The van der Waals surface area contributed by atoms with Gasteiger partial charge in [0.25, 0.3) is 0 Å². The molecule has 0 saturated carbocycles. The van der Waals surface area contributed by atoms with Crippen LogP contribution in [0.1, 0.15) is 25.3 Å². The molecule has 0 spiro atoms. The third kappa shape index (κ3) is 5.43. The first-order chi connectivity index (χ1) is 26.2. The van der Waals surface area contributed by atoms with Crippen LogP contribution in [0.15, 0.2) is 176 Å². The van der Waals surface area contributed by atoms with E-state index in [1.165, 1.54) is 115 Å². The Morgan fingerprint density at radius 3 is 1.66 bits per heavy atom. The summed E-state index contributed by atoms with van der Waals surface area (Å²) in [6.07, 6.45) is 3.57. The summed E-state index contributed by atoms with van der Waals surface area (Å²) >= 11 is 1.90. The molecular formula is C52H38S. The molecule has 10 aromatic rings. The zero-order valence-corrected chi connectivity index (χ0v) is 30.6. The molecule has 252 valence electrons. The van der Waals surface area contributed by atoms with Crippen LogP contribution < -0.4 is 0 Å². The molecule has 0 radical (unpaired) electrons. The van der Waals surface area contributed by atoms with Gasteiger partial charge in [-0.2, -0.15) is 0 Å². The Labute approximate surface area is 314 Å². The van der Waals surface area contributed by atoms with Gasteiger partial charge in [-0.05, 0) is 126 Å². The van der Waals surface area contributed by atoms with E-state index in [-0.39, 0.29) is 0 Å². The maximum absolute atomic E-state index is 2.44. The zero-order valence-electron chi connectivity index (χ0n) is 29.8. The van der Waals surface area contributed by atoms with Crippen LogP contribution in [0, 0.1) is 0 Å². The lowest BCUT2D eigenvalue weighted by molar-refractivity contribution is 0.796. The largest absolute Gasteiger partial charge is 0.135 e. The molecule has 1 aromatic heterocycles. The molecule has 0 N–H and O–H groups in total. The molecule has 1 heteroatoms. The Hall–Kier alpha value is -6.02. The van der Waals surface area contributed by atoms with Crippen molar-refractivity contribution in [3.05, 3.63) is 181 Å². The predicted octanol–water partition coefficient (Wildman–Crippen LogP) is 15.5. The molecule has 0 aliphatic carbocycles. The minimum Gasteiger partial charge on any atom is -0.135 e. The first kappa shape index (κ1) is 31.7. The Morgan fingerprint density at radius 2 is 0.943 bits per heavy atom. The summed E-state index contributed by atoms with van der Waals surface area (Å²) in [5.41, 5.74) is 11.5. The topological polar surface area (TPSA) is 0 Å². The zero-order chi connectivity index (χ0) is 35.3. The summed E-state index contributed by atoms with van der Waals surface area (Å²) in [5, 5.41) is 10.3. The van der Waals surface area contributed by atoms with E-state index in [9.17, 15) is 0 Å². The fraction of sp³-hybridized carbons (Fsp3) is 0.0769. The summed E-state index contributed by atoms with van der Waals surface area (Å²) < 4.78 is 2.71. The second-order valence-corrected chi connectivity index (χ2v) is 15.3. The molecule has 10 rings (SSSR count). The molecule has 0 nitrogen and oxygen atoms in total. The number of hydrogen-bond donors (Lipinski definition) is 0. The molecule has 9 aromatic carbocycles. The Balaban J connectivity index is 1.21. The van der Waals surface area contributed by atoms with Crippen LogP contribution in [0.2, 0.25) is 0 Å². The lowest BCUT2D eigenvalue weighted by Crippen LogP contribution is -1.93. The quantitative estimate of drug-likeness (QED) is 0.146. The molecule has 1 heterocycles. The van der Waals surface area contributed by atoms with Crippen molar-refractivity contribution in [2.75, 3.05) is 0 Å². The number of thiophene rings is 1. The molecule has 0 amide bonds. The van der Waals surface area contributed by atoms with Crippen molar-refractivity contribution in [2.24, 2.45) is 0 Å². The van der Waals surface area contributed by atoms with E-state index in [1.807, 2.05) is 11.3 Å². The van der Waals surface area contributed by atoms with Gasteiger partial charge in [0.1, 0.15) is 0 Å². The lowest BCUT2D eigenvalue weighted by Gasteiger charge is -2.20. The molecule has 0 aliphatic rings. The van der Waals surface area contributed by atoms with Crippen LogP contribution in [0.5, 0.6) is 0 Å². The van der Waals surface area contributed by atoms with E-state index in [4.69, 9.17) is 0 Å². The number of rotatable bonds is 7. The summed E-state index contributed by atoms with van der Waals surface area (Å²) in [5.74, 6) is 0. The standard InChI is InChI=1S/C52H38S/c1-2-3-14-34-25-29-49-47(31-34)48-33-38(28-30-50(48)53-49)39-18-7-8-19-40(39)51-41-20-9-11-22-43(41)52(44-23-12-10-21-42(44)51)45-24-13-17-36-26-27-37(32-46(36)45)35-15-5-4-6-16-35/h4-13,15-33H,2-3,14H2,1H3. The highest BCUT2D eigenvalue weighted by Crippen LogP contribution is 2.48. The molecule has 0 atom stereocenters. The predicted molar refractivity (Wildman–Crippen MR) is 232 cm³/mol. The van der Waals surface area contributed by atoms with Gasteiger partial charge < -0.3 is 0 Å². The van der Waals surface area contributed by atoms with Crippen molar-refractivity contribution >= 4 is 63.8 Å². The van der Waals surface area contributed by atoms with E-state index < -0.39 is 0 Å². The van der Waals surface area contributed by atoms with Crippen LogP contribution in [0.3, 0.4) is 0 Å². The van der Waals surface area contributed by atoms with Crippen molar-refractivity contribution in [1.82, 2.24) is 0 Å². The number of hydrogen-bond acceptors (Lipinski definition) is 1. The summed E-state index contributed by atoms with van der Waals surface area (Å²) in [7, 11) is 0. The number of benzene rings is 9. The van der Waals surface area contributed by atoms with E-state index in [0.717, 1.165) is 6.42 Å². The van der Waals surface area contributed by atoms with Crippen molar-refractivity contribution in [1.29, 1.82) is 0 Å². The van der Waals surface area contributed by atoms with E-state index >= 15 is 0 Å². The fourth-order valence-corrected chi connectivity index (χ4v) is 9.56. The van der Waals surface area contributed by atoms with Gasteiger partial charge in [0, 0.05) is 20.2 Å².